The average molecular weight is 406 g/mol. The first kappa shape index (κ1) is 19.2. The molecule has 2 amide bonds. The molecule has 1 aromatic carbocycles. The standard InChI is InChI=1S/C19H24BrN3O2/c1-12(2)18(24)22-16-7-5-14(6-8-16)10-21-19(25)17-9-15(20)11-23(17)13(3)4/h5-9,11-13H,10H2,1-4H3,(H,21,25)(H,22,24). The van der Waals surface area contributed by atoms with Gasteiger partial charge in [0.15, 0.2) is 0 Å². The first-order valence-electron chi connectivity index (χ1n) is 8.33. The van der Waals surface area contributed by atoms with Crippen molar-refractivity contribution in [2.24, 2.45) is 5.92 Å². The predicted octanol–water partition coefficient (Wildman–Crippen LogP) is 4.36. The molecule has 0 aliphatic carbocycles. The number of benzene rings is 1. The number of anilines is 1. The molecule has 0 unspecified atom stereocenters. The SMILES string of the molecule is CC(C)C(=O)Nc1ccc(CNC(=O)c2cc(Br)cn2C(C)C)cc1. The molecule has 0 aliphatic heterocycles. The number of carbonyl (C=O) groups excluding carboxylic acids is 2. The Labute approximate surface area is 156 Å². The van der Waals surface area contributed by atoms with E-state index in [-0.39, 0.29) is 23.8 Å². The number of hydrogen-bond acceptors (Lipinski definition) is 2. The van der Waals surface area contributed by atoms with Crippen LogP contribution in [0.25, 0.3) is 0 Å². The summed E-state index contributed by atoms with van der Waals surface area (Å²) in [6.07, 6.45) is 1.91. The van der Waals surface area contributed by atoms with Crippen LogP contribution in [0.4, 0.5) is 5.69 Å². The molecule has 6 heteroatoms. The van der Waals surface area contributed by atoms with E-state index in [1.807, 2.05) is 68.8 Å². The largest absolute Gasteiger partial charge is 0.347 e. The first-order chi connectivity index (χ1) is 11.8. The van der Waals surface area contributed by atoms with Gasteiger partial charge in [-0.05, 0) is 53.5 Å². The van der Waals surface area contributed by atoms with Crippen molar-refractivity contribution < 1.29 is 9.59 Å². The molecule has 2 N–H and O–H groups in total. The number of rotatable bonds is 6. The van der Waals surface area contributed by atoms with Crippen molar-refractivity contribution in [3.63, 3.8) is 0 Å². The Balaban J connectivity index is 1.97. The third kappa shape index (κ3) is 5.19. The molecule has 0 bridgehead atoms. The van der Waals surface area contributed by atoms with Crippen LogP contribution < -0.4 is 10.6 Å². The van der Waals surface area contributed by atoms with Gasteiger partial charge in [0, 0.05) is 34.9 Å². The molecular formula is C19H24BrN3O2. The zero-order valence-electron chi connectivity index (χ0n) is 15.0. The quantitative estimate of drug-likeness (QED) is 0.749. The molecule has 0 fully saturated rings. The zero-order chi connectivity index (χ0) is 18.6. The van der Waals surface area contributed by atoms with Crippen LogP contribution in [-0.2, 0) is 11.3 Å². The summed E-state index contributed by atoms with van der Waals surface area (Å²) in [6, 6.07) is 9.50. The molecule has 0 radical (unpaired) electrons. The van der Waals surface area contributed by atoms with E-state index in [2.05, 4.69) is 26.6 Å². The first-order valence-corrected chi connectivity index (χ1v) is 9.12. The van der Waals surface area contributed by atoms with Crippen molar-refractivity contribution >= 4 is 33.4 Å². The van der Waals surface area contributed by atoms with Crippen LogP contribution in [0.5, 0.6) is 0 Å². The summed E-state index contributed by atoms with van der Waals surface area (Å²) in [5, 5.41) is 5.78. The van der Waals surface area contributed by atoms with Crippen LogP contribution in [0.1, 0.15) is 49.8 Å². The van der Waals surface area contributed by atoms with Gasteiger partial charge in [-0.2, -0.15) is 0 Å². The van der Waals surface area contributed by atoms with Gasteiger partial charge in [-0.3, -0.25) is 9.59 Å². The second kappa shape index (κ2) is 8.34. The number of amides is 2. The van der Waals surface area contributed by atoms with Crippen LogP contribution in [0, 0.1) is 5.92 Å². The van der Waals surface area contributed by atoms with Crippen LogP contribution in [0.2, 0.25) is 0 Å². The maximum Gasteiger partial charge on any atom is 0.268 e. The Morgan fingerprint density at radius 1 is 1.12 bits per heavy atom. The Morgan fingerprint density at radius 3 is 2.32 bits per heavy atom. The van der Waals surface area contributed by atoms with E-state index in [0.717, 1.165) is 15.7 Å². The summed E-state index contributed by atoms with van der Waals surface area (Å²) >= 11 is 3.42. The van der Waals surface area contributed by atoms with Crippen molar-refractivity contribution in [2.75, 3.05) is 5.32 Å². The summed E-state index contributed by atoms with van der Waals surface area (Å²) < 4.78 is 2.82. The molecule has 0 aliphatic rings. The molecule has 25 heavy (non-hydrogen) atoms. The van der Waals surface area contributed by atoms with Gasteiger partial charge in [0.1, 0.15) is 5.69 Å². The van der Waals surface area contributed by atoms with Crippen molar-refractivity contribution in [3.8, 4) is 0 Å². The number of nitrogens with zero attached hydrogens (tertiary/aromatic N) is 1. The lowest BCUT2D eigenvalue weighted by Crippen LogP contribution is -2.25. The number of hydrogen-bond donors (Lipinski definition) is 2. The zero-order valence-corrected chi connectivity index (χ0v) is 16.6. The van der Waals surface area contributed by atoms with Crippen molar-refractivity contribution in [1.29, 1.82) is 0 Å². The molecule has 0 atom stereocenters. The summed E-state index contributed by atoms with van der Waals surface area (Å²) in [4.78, 5) is 24.1. The van der Waals surface area contributed by atoms with Crippen molar-refractivity contribution in [1.82, 2.24) is 9.88 Å². The summed E-state index contributed by atoms with van der Waals surface area (Å²) in [6.45, 7) is 8.20. The Hall–Kier alpha value is -2.08. The van der Waals surface area contributed by atoms with E-state index < -0.39 is 0 Å². The van der Waals surface area contributed by atoms with Gasteiger partial charge in [0.25, 0.3) is 5.91 Å². The van der Waals surface area contributed by atoms with E-state index >= 15 is 0 Å². The normalized spacial score (nSPS) is 11.0. The van der Waals surface area contributed by atoms with E-state index in [1.54, 1.807) is 0 Å². The number of halogens is 1. The Morgan fingerprint density at radius 2 is 1.76 bits per heavy atom. The topological polar surface area (TPSA) is 63.1 Å². The van der Waals surface area contributed by atoms with Crippen LogP contribution in [0.3, 0.4) is 0 Å². The fourth-order valence-corrected chi connectivity index (χ4v) is 2.76. The van der Waals surface area contributed by atoms with Gasteiger partial charge < -0.3 is 15.2 Å². The van der Waals surface area contributed by atoms with Crippen molar-refractivity contribution in [3.05, 3.63) is 52.3 Å². The molecule has 0 saturated carbocycles. The van der Waals surface area contributed by atoms with Gasteiger partial charge in [0.2, 0.25) is 5.91 Å². The molecule has 0 saturated heterocycles. The number of nitrogens with one attached hydrogen (secondary N) is 2. The Bertz CT molecular complexity index is 749. The summed E-state index contributed by atoms with van der Waals surface area (Å²) in [5.41, 5.74) is 2.35. The number of carbonyl (C=O) groups is 2. The number of aromatic nitrogens is 1. The van der Waals surface area contributed by atoms with Gasteiger partial charge in [-0.1, -0.05) is 26.0 Å². The average Bonchev–Trinajstić information content (AvgIpc) is 2.96. The molecule has 2 aromatic rings. The smallest absolute Gasteiger partial charge is 0.268 e. The van der Waals surface area contributed by atoms with E-state index in [4.69, 9.17) is 0 Å². The van der Waals surface area contributed by atoms with E-state index in [1.165, 1.54) is 0 Å². The minimum Gasteiger partial charge on any atom is -0.347 e. The van der Waals surface area contributed by atoms with Gasteiger partial charge >= 0.3 is 0 Å². The molecule has 134 valence electrons. The molecular weight excluding hydrogens is 382 g/mol. The second-order valence-corrected chi connectivity index (χ2v) is 7.48. The highest BCUT2D eigenvalue weighted by Gasteiger charge is 2.14. The summed E-state index contributed by atoms with van der Waals surface area (Å²) in [5.74, 6) is -0.187. The third-order valence-electron chi connectivity index (χ3n) is 3.80. The van der Waals surface area contributed by atoms with E-state index in [9.17, 15) is 9.59 Å². The van der Waals surface area contributed by atoms with Crippen molar-refractivity contribution in [2.45, 2.75) is 40.3 Å². The highest BCUT2D eigenvalue weighted by Crippen LogP contribution is 2.19. The fraction of sp³-hybridized carbons (Fsp3) is 0.368. The molecule has 1 aromatic heterocycles. The molecule has 5 nitrogen and oxygen atoms in total. The second-order valence-electron chi connectivity index (χ2n) is 6.57. The summed E-state index contributed by atoms with van der Waals surface area (Å²) in [7, 11) is 0. The molecule has 2 rings (SSSR count). The predicted molar refractivity (Wildman–Crippen MR) is 104 cm³/mol. The van der Waals surface area contributed by atoms with Crippen LogP contribution in [0.15, 0.2) is 41.0 Å². The lowest BCUT2D eigenvalue weighted by atomic mass is 10.1. The van der Waals surface area contributed by atoms with Crippen LogP contribution >= 0.6 is 15.9 Å². The molecule has 0 spiro atoms. The minimum absolute atomic E-state index is 0.0129. The highest BCUT2D eigenvalue weighted by atomic mass is 79.9. The third-order valence-corrected chi connectivity index (χ3v) is 4.24. The van der Waals surface area contributed by atoms with Gasteiger partial charge in [-0.15, -0.1) is 0 Å². The highest BCUT2D eigenvalue weighted by molar-refractivity contribution is 9.10. The molecule has 1 heterocycles. The Kier molecular flexibility index (Phi) is 6.42. The van der Waals surface area contributed by atoms with Gasteiger partial charge in [-0.25, -0.2) is 0 Å². The van der Waals surface area contributed by atoms with E-state index in [0.29, 0.717) is 12.2 Å². The maximum atomic E-state index is 12.4. The lowest BCUT2D eigenvalue weighted by molar-refractivity contribution is -0.118. The van der Waals surface area contributed by atoms with Crippen LogP contribution in [-0.4, -0.2) is 16.4 Å². The van der Waals surface area contributed by atoms with Gasteiger partial charge in [0.05, 0.1) is 0 Å². The monoisotopic (exact) mass is 405 g/mol. The minimum atomic E-state index is -0.114. The lowest BCUT2D eigenvalue weighted by Gasteiger charge is -2.13. The maximum absolute atomic E-state index is 12.4. The fourth-order valence-electron chi connectivity index (χ4n) is 2.32.